The minimum atomic E-state index is -0.434. The lowest BCUT2D eigenvalue weighted by Gasteiger charge is -2.33. The normalized spacial score (nSPS) is 23.7. The van der Waals surface area contributed by atoms with E-state index in [1.165, 1.54) is 0 Å². The molecule has 0 saturated carbocycles. The summed E-state index contributed by atoms with van der Waals surface area (Å²) >= 11 is 0. The molecule has 2 saturated heterocycles. The van der Waals surface area contributed by atoms with Gasteiger partial charge in [-0.25, -0.2) is 0 Å². The van der Waals surface area contributed by atoms with Gasteiger partial charge in [-0.05, 0) is 31.2 Å². The summed E-state index contributed by atoms with van der Waals surface area (Å²) in [5.74, 6) is -0.394. The Morgan fingerprint density at radius 2 is 1.96 bits per heavy atom. The van der Waals surface area contributed by atoms with Crippen molar-refractivity contribution in [3.05, 3.63) is 35.9 Å². The van der Waals surface area contributed by atoms with Gasteiger partial charge in [-0.1, -0.05) is 30.3 Å². The molecular weight excluding hydrogens is 318 g/mol. The van der Waals surface area contributed by atoms with Crippen LogP contribution in [0.3, 0.4) is 0 Å². The molecule has 134 valence electrons. The highest BCUT2D eigenvalue weighted by Gasteiger charge is 2.31. The molecule has 0 aromatic heterocycles. The van der Waals surface area contributed by atoms with Gasteiger partial charge in [-0.15, -0.1) is 0 Å². The van der Waals surface area contributed by atoms with Crippen LogP contribution < -0.4 is 10.6 Å². The smallest absolute Gasteiger partial charge is 0.242 e. The number of piperidine rings is 2. The fourth-order valence-electron chi connectivity index (χ4n) is 3.50. The van der Waals surface area contributed by atoms with E-state index in [0.29, 0.717) is 32.5 Å². The van der Waals surface area contributed by atoms with Crippen LogP contribution in [0.25, 0.3) is 0 Å². The van der Waals surface area contributed by atoms with Crippen molar-refractivity contribution in [1.29, 1.82) is 0 Å². The molecule has 1 aromatic rings. The maximum Gasteiger partial charge on any atom is 0.242 e. The monoisotopic (exact) mass is 343 g/mol. The minimum Gasteiger partial charge on any atom is -0.354 e. The molecule has 2 heterocycles. The summed E-state index contributed by atoms with van der Waals surface area (Å²) in [4.78, 5) is 38.6. The number of amides is 3. The van der Waals surface area contributed by atoms with Crippen molar-refractivity contribution >= 4 is 17.7 Å². The Morgan fingerprint density at radius 1 is 1.16 bits per heavy atom. The average Bonchev–Trinajstić information content (AvgIpc) is 2.64. The largest absolute Gasteiger partial charge is 0.354 e. The standard InChI is InChI=1S/C19H25N3O3/c23-17(12-14-6-2-1-3-7-14)22-11-5-8-15(13-22)18(24)21-16-9-4-10-20-19(16)25/h1-3,6-7,15-16H,4-5,8-13H2,(H,20,25)(H,21,24)/t15-,16-/m1/s1. The van der Waals surface area contributed by atoms with Crippen molar-refractivity contribution in [3.63, 3.8) is 0 Å². The number of rotatable bonds is 4. The average molecular weight is 343 g/mol. The third kappa shape index (κ3) is 4.59. The first kappa shape index (κ1) is 17.5. The second kappa shape index (κ2) is 8.14. The van der Waals surface area contributed by atoms with E-state index in [4.69, 9.17) is 0 Å². The van der Waals surface area contributed by atoms with Gasteiger partial charge in [0.25, 0.3) is 0 Å². The summed E-state index contributed by atoms with van der Waals surface area (Å²) in [6, 6.07) is 9.21. The third-order valence-corrected chi connectivity index (χ3v) is 4.94. The molecule has 2 aliphatic rings. The van der Waals surface area contributed by atoms with Crippen LogP contribution in [0, 0.1) is 5.92 Å². The molecule has 0 aliphatic carbocycles. The molecule has 0 spiro atoms. The molecule has 6 nitrogen and oxygen atoms in total. The molecule has 3 rings (SSSR count). The van der Waals surface area contributed by atoms with Crippen LogP contribution in [0.2, 0.25) is 0 Å². The first-order chi connectivity index (χ1) is 12.1. The zero-order valence-electron chi connectivity index (χ0n) is 14.4. The predicted molar refractivity (Wildman–Crippen MR) is 93.6 cm³/mol. The van der Waals surface area contributed by atoms with Crippen LogP contribution in [0.15, 0.2) is 30.3 Å². The number of nitrogens with zero attached hydrogens (tertiary/aromatic N) is 1. The number of carbonyl (C=O) groups is 3. The molecule has 2 N–H and O–H groups in total. The van der Waals surface area contributed by atoms with Gasteiger partial charge in [-0.2, -0.15) is 0 Å². The summed E-state index contributed by atoms with van der Waals surface area (Å²) < 4.78 is 0. The SMILES string of the molecule is O=C(N[C@@H]1CCCNC1=O)[C@@H]1CCCN(C(=O)Cc2ccccc2)C1. The van der Waals surface area contributed by atoms with E-state index in [0.717, 1.165) is 24.8 Å². The van der Waals surface area contributed by atoms with E-state index >= 15 is 0 Å². The van der Waals surface area contributed by atoms with Gasteiger partial charge < -0.3 is 15.5 Å². The van der Waals surface area contributed by atoms with Gasteiger partial charge in [-0.3, -0.25) is 14.4 Å². The van der Waals surface area contributed by atoms with Crippen molar-refractivity contribution in [2.45, 2.75) is 38.1 Å². The maximum atomic E-state index is 12.5. The fourth-order valence-corrected chi connectivity index (χ4v) is 3.50. The van der Waals surface area contributed by atoms with Crippen molar-refractivity contribution in [2.24, 2.45) is 5.92 Å². The molecule has 0 unspecified atom stereocenters. The lowest BCUT2D eigenvalue weighted by molar-refractivity contribution is -0.137. The van der Waals surface area contributed by atoms with Crippen LogP contribution in [-0.4, -0.2) is 48.3 Å². The second-order valence-electron chi connectivity index (χ2n) is 6.84. The van der Waals surface area contributed by atoms with Crippen LogP contribution in [0.5, 0.6) is 0 Å². The van der Waals surface area contributed by atoms with Crippen molar-refractivity contribution < 1.29 is 14.4 Å². The third-order valence-electron chi connectivity index (χ3n) is 4.94. The molecule has 0 bridgehead atoms. The summed E-state index contributed by atoms with van der Waals surface area (Å²) in [6.45, 7) is 1.81. The number of benzene rings is 1. The van der Waals surface area contributed by atoms with E-state index in [9.17, 15) is 14.4 Å². The van der Waals surface area contributed by atoms with Crippen molar-refractivity contribution in [2.75, 3.05) is 19.6 Å². The lowest BCUT2D eigenvalue weighted by atomic mass is 9.95. The Kier molecular flexibility index (Phi) is 5.68. The Balaban J connectivity index is 1.54. The molecule has 25 heavy (non-hydrogen) atoms. The van der Waals surface area contributed by atoms with E-state index in [1.54, 1.807) is 4.90 Å². The zero-order valence-corrected chi connectivity index (χ0v) is 14.4. The summed E-state index contributed by atoms with van der Waals surface area (Å²) in [6.07, 6.45) is 3.50. The van der Waals surface area contributed by atoms with Gasteiger partial charge in [0.15, 0.2) is 0 Å². The molecule has 3 amide bonds. The van der Waals surface area contributed by atoms with E-state index < -0.39 is 6.04 Å². The fraction of sp³-hybridized carbons (Fsp3) is 0.526. The van der Waals surface area contributed by atoms with Crippen LogP contribution in [0.4, 0.5) is 0 Å². The Morgan fingerprint density at radius 3 is 2.72 bits per heavy atom. The lowest BCUT2D eigenvalue weighted by Crippen LogP contribution is -2.53. The highest BCUT2D eigenvalue weighted by molar-refractivity contribution is 5.89. The molecular formula is C19H25N3O3. The van der Waals surface area contributed by atoms with Gasteiger partial charge >= 0.3 is 0 Å². The Bertz CT molecular complexity index is 632. The molecule has 0 radical (unpaired) electrons. The summed E-state index contributed by atoms with van der Waals surface area (Å²) in [7, 11) is 0. The second-order valence-corrected chi connectivity index (χ2v) is 6.84. The minimum absolute atomic E-state index is 0.0547. The van der Waals surface area contributed by atoms with Gasteiger partial charge in [0.1, 0.15) is 6.04 Å². The molecule has 2 atom stereocenters. The maximum absolute atomic E-state index is 12.5. The van der Waals surface area contributed by atoms with Gasteiger partial charge in [0.2, 0.25) is 17.7 Å². The molecule has 6 heteroatoms. The van der Waals surface area contributed by atoms with E-state index in [2.05, 4.69) is 10.6 Å². The van der Waals surface area contributed by atoms with E-state index in [1.807, 2.05) is 30.3 Å². The Labute approximate surface area is 148 Å². The number of nitrogens with one attached hydrogen (secondary N) is 2. The van der Waals surface area contributed by atoms with Crippen LogP contribution in [-0.2, 0) is 20.8 Å². The number of hydrogen-bond acceptors (Lipinski definition) is 3. The first-order valence-corrected chi connectivity index (χ1v) is 9.03. The molecule has 2 fully saturated rings. The number of hydrogen-bond donors (Lipinski definition) is 2. The predicted octanol–water partition coefficient (Wildman–Crippen LogP) is 0.863. The quantitative estimate of drug-likeness (QED) is 0.851. The van der Waals surface area contributed by atoms with Gasteiger partial charge in [0.05, 0.1) is 12.3 Å². The molecule has 1 aromatic carbocycles. The number of likely N-dealkylation sites (tertiary alicyclic amines) is 1. The van der Waals surface area contributed by atoms with Crippen LogP contribution in [0.1, 0.15) is 31.2 Å². The topological polar surface area (TPSA) is 78.5 Å². The first-order valence-electron chi connectivity index (χ1n) is 9.03. The molecule has 2 aliphatic heterocycles. The highest BCUT2D eigenvalue weighted by Crippen LogP contribution is 2.18. The van der Waals surface area contributed by atoms with Crippen molar-refractivity contribution in [1.82, 2.24) is 15.5 Å². The number of carbonyl (C=O) groups excluding carboxylic acids is 3. The van der Waals surface area contributed by atoms with Gasteiger partial charge in [0, 0.05) is 19.6 Å². The van der Waals surface area contributed by atoms with Crippen LogP contribution >= 0.6 is 0 Å². The summed E-state index contributed by atoms with van der Waals surface area (Å²) in [5.41, 5.74) is 0.984. The Hall–Kier alpha value is -2.37. The zero-order chi connectivity index (χ0) is 17.6. The van der Waals surface area contributed by atoms with E-state index in [-0.39, 0.29) is 23.6 Å². The van der Waals surface area contributed by atoms with Crippen molar-refractivity contribution in [3.8, 4) is 0 Å². The highest BCUT2D eigenvalue weighted by atomic mass is 16.2. The summed E-state index contributed by atoms with van der Waals surface area (Å²) in [5, 5.41) is 5.64.